The van der Waals surface area contributed by atoms with Crippen molar-refractivity contribution in [2.75, 3.05) is 0 Å². The van der Waals surface area contributed by atoms with Gasteiger partial charge < -0.3 is 24.8 Å². The predicted octanol–water partition coefficient (Wildman–Crippen LogP) is 3.10. The van der Waals surface area contributed by atoms with Gasteiger partial charge in [0.15, 0.2) is 0 Å². The van der Waals surface area contributed by atoms with Crippen LogP contribution in [0, 0.1) is 0 Å². The summed E-state index contributed by atoms with van der Waals surface area (Å²) >= 11 is -2.58. The van der Waals surface area contributed by atoms with E-state index in [-0.39, 0.29) is 24.8 Å². The molecule has 2 aromatic rings. The van der Waals surface area contributed by atoms with Gasteiger partial charge in [0, 0.05) is 0 Å². The van der Waals surface area contributed by atoms with Gasteiger partial charge in [0.25, 0.3) is 0 Å². The number of halogens is 2. The molecule has 0 aromatic heterocycles. The molecule has 1 aliphatic heterocycles. The van der Waals surface area contributed by atoms with E-state index in [1.165, 1.54) is 51.4 Å². The Balaban J connectivity index is 0.00000127. The van der Waals surface area contributed by atoms with Crippen molar-refractivity contribution in [3.8, 4) is 0 Å². The number of benzene rings is 2. The summed E-state index contributed by atoms with van der Waals surface area (Å²) in [6.45, 7) is 0. The maximum absolute atomic E-state index is 2.79. The zero-order chi connectivity index (χ0) is 21.8. The van der Waals surface area contributed by atoms with Gasteiger partial charge in [-0.3, -0.25) is 0 Å². The molecule has 2 aromatic carbocycles. The van der Waals surface area contributed by atoms with Gasteiger partial charge in [-0.15, -0.1) is 0 Å². The summed E-state index contributed by atoms with van der Waals surface area (Å²) in [5, 5.41) is 0. The molecule has 1 saturated heterocycles. The minimum Gasteiger partial charge on any atom is -1.00 e. The summed E-state index contributed by atoms with van der Waals surface area (Å²) in [6.07, 6.45) is 16.4. The molecule has 2 atom stereocenters. The van der Waals surface area contributed by atoms with E-state index in [4.69, 9.17) is 0 Å². The van der Waals surface area contributed by atoms with E-state index in [0.29, 0.717) is 11.8 Å². The van der Waals surface area contributed by atoms with Crippen molar-refractivity contribution < 1.29 is 45.1 Å². The standard InChI is InChI=1S/2C15H15.C2H4.2ClH.Zr/c2*1-2-6-12(7-3-1)15-11-10-13-8-4-5-9-14(13)15;1-2;;;/h2*1-3,6-7,10,15H,4-5,8-9H2;1-2H2;2*1H;/q;;;;;+2/p-2/t2*15-;;;;/m10..../s1. The van der Waals surface area contributed by atoms with Crippen molar-refractivity contribution in [1.82, 2.24) is 0 Å². The maximum Gasteiger partial charge on any atom is -1.00 e. The molecule has 0 bridgehead atoms. The first-order valence-electron chi connectivity index (χ1n) is 13.3. The number of rotatable bonds is 4. The molecule has 0 nitrogen and oxygen atoms in total. The molecule has 1 fully saturated rings. The van der Waals surface area contributed by atoms with Crippen LogP contribution >= 0.6 is 0 Å². The first-order valence-corrected chi connectivity index (χ1v) is 19.3. The first-order chi connectivity index (χ1) is 16.4. The number of allylic oxidation sites excluding steroid dienone is 8. The molecular formula is C32H34Cl2Zr. The fourth-order valence-corrected chi connectivity index (χ4v) is 22.1. The second kappa shape index (κ2) is 10.3. The van der Waals surface area contributed by atoms with Crippen molar-refractivity contribution in [3.05, 3.63) is 113 Å². The Morgan fingerprint density at radius 2 is 0.914 bits per heavy atom. The smallest absolute Gasteiger partial charge is 1.00 e. The molecule has 0 N–H and O–H groups in total. The van der Waals surface area contributed by atoms with Gasteiger partial charge in [-0.1, -0.05) is 0 Å². The average Bonchev–Trinajstić information content (AvgIpc) is 3.44. The molecule has 3 heteroatoms. The minimum absolute atomic E-state index is 0. The largest absolute Gasteiger partial charge is 1.00 e. The molecule has 0 radical (unpaired) electrons. The van der Waals surface area contributed by atoms with Crippen LogP contribution in [-0.2, 0) is 20.3 Å². The molecule has 1 heterocycles. The Labute approximate surface area is 227 Å². The van der Waals surface area contributed by atoms with Crippen LogP contribution in [0.1, 0.15) is 74.3 Å². The van der Waals surface area contributed by atoms with Crippen LogP contribution in [0.2, 0.25) is 8.26 Å². The van der Waals surface area contributed by atoms with E-state index < -0.39 is 20.3 Å². The summed E-state index contributed by atoms with van der Waals surface area (Å²) in [4.78, 5) is 0. The van der Waals surface area contributed by atoms with Crippen molar-refractivity contribution in [3.63, 3.8) is 0 Å². The molecule has 0 unspecified atom stereocenters. The van der Waals surface area contributed by atoms with Gasteiger partial charge in [0.2, 0.25) is 0 Å². The molecule has 0 saturated carbocycles. The molecule has 0 spiro atoms. The average molecular weight is 581 g/mol. The summed E-state index contributed by atoms with van der Waals surface area (Å²) in [7, 11) is 0. The third-order valence-electron chi connectivity index (χ3n) is 9.21. The molecule has 5 aliphatic rings. The SMILES string of the molecule is C1=[C]([Zr+2]2([C]3=CC4=C(CCCC4)[C@H]3c3ccccc3)[CH2][CH2]2)[C@@H](c2ccccc2)C2=C1CCCC2.[Cl-].[Cl-]. The van der Waals surface area contributed by atoms with Gasteiger partial charge in [-0.05, 0) is 0 Å². The molecule has 35 heavy (non-hydrogen) atoms. The Morgan fingerprint density at radius 3 is 1.31 bits per heavy atom. The van der Waals surface area contributed by atoms with E-state index in [1.54, 1.807) is 41.7 Å². The van der Waals surface area contributed by atoms with Gasteiger partial charge in [-0.2, -0.15) is 0 Å². The van der Waals surface area contributed by atoms with E-state index in [1.807, 2.05) is 6.56 Å². The molecular weight excluding hydrogens is 546 g/mol. The van der Waals surface area contributed by atoms with Gasteiger partial charge >= 0.3 is 205 Å². The van der Waals surface area contributed by atoms with Crippen LogP contribution in [0.15, 0.2) is 102 Å². The van der Waals surface area contributed by atoms with Crippen LogP contribution in [0.25, 0.3) is 0 Å². The van der Waals surface area contributed by atoms with Crippen LogP contribution in [0.3, 0.4) is 0 Å². The van der Waals surface area contributed by atoms with Crippen LogP contribution in [0.4, 0.5) is 0 Å². The van der Waals surface area contributed by atoms with Crippen molar-refractivity contribution in [1.29, 1.82) is 0 Å². The quantitative estimate of drug-likeness (QED) is 0.522. The van der Waals surface area contributed by atoms with Crippen molar-refractivity contribution >= 4 is 0 Å². The summed E-state index contributed by atoms with van der Waals surface area (Å²) < 4.78 is 6.99. The monoisotopic (exact) mass is 578 g/mol. The molecule has 0 amide bonds. The van der Waals surface area contributed by atoms with E-state index in [2.05, 4.69) is 72.8 Å². The zero-order valence-electron chi connectivity index (χ0n) is 20.4. The first kappa shape index (κ1) is 25.5. The number of hydrogen-bond acceptors (Lipinski definition) is 0. The summed E-state index contributed by atoms with van der Waals surface area (Å²) in [6, 6.07) is 23.2. The zero-order valence-corrected chi connectivity index (χ0v) is 24.4. The third kappa shape index (κ3) is 4.25. The Bertz CT molecular complexity index is 1120. The predicted molar refractivity (Wildman–Crippen MR) is 135 cm³/mol. The van der Waals surface area contributed by atoms with E-state index in [0.717, 1.165) is 0 Å². The molecule has 7 rings (SSSR count). The summed E-state index contributed by atoms with van der Waals surface area (Å²) in [5.74, 6) is 1.21. The second-order valence-corrected chi connectivity index (χ2v) is 21.6. The van der Waals surface area contributed by atoms with Gasteiger partial charge in [0.05, 0.1) is 0 Å². The van der Waals surface area contributed by atoms with Crippen molar-refractivity contribution in [2.24, 2.45) is 0 Å². The van der Waals surface area contributed by atoms with Crippen LogP contribution in [-0.4, -0.2) is 0 Å². The Morgan fingerprint density at radius 1 is 0.514 bits per heavy atom. The molecule has 4 aliphatic carbocycles. The van der Waals surface area contributed by atoms with E-state index >= 15 is 0 Å². The third-order valence-corrected chi connectivity index (χ3v) is 20.5. The van der Waals surface area contributed by atoms with Crippen molar-refractivity contribution in [2.45, 2.75) is 71.5 Å². The van der Waals surface area contributed by atoms with Crippen LogP contribution in [0.5, 0.6) is 0 Å². The maximum atomic E-state index is 2.79. The van der Waals surface area contributed by atoms with Crippen LogP contribution < -0.4 is 24.8 Å². The summed E-state index contributed by atoms with van der Waals surface area (Å²) in [5.41, 5.74) is 10.2. The minimum atomic E-state index is -2.58. The topological polar surface area (TPSA) is 0 Å². The Kier molecular flexibility index (Phi) is 7.52. The van der Waals surface area contributed by atoms with E-state index in [9.17, 15) is 0 Å². The van der Waals surface area contributed by atoms with Gasteiger partial charge in [0.1, 0.15) is 0 Å². The molecule has 180 valence electrons. The number of hydrogen-bond donors (Lipinski definition) is 0. The fourth-order valence-electron chi connectivity index (χ4n) is 7.56. The van der Waals surface area contributed by atoms with Gasteiger partial charge in [-0.25, -0.2) is 0 Å². The fraction of sp³-hybridized carbons (Fsp3) is 0.375. The second-order valence-electron chi connectivity index (χ2n) is 11.0. The Hall–Kier alpha value is -1.14. The normalized spacial score (nSPS) is 25.3.